The minimum Gasteiger partial charge on any atom is -0.208 e. The topological polar surface area (TPSA) is 62.5 Å². The van der Waals surface area contributed by atoms with Gasteiger partial charge in [0.05, 0.1) is 11.6 Å². The molecule has 1 aromatic heterocycles. The average Bonchev–Trinajstić information content (AvgIpc) is 3.78. The second-order valence-electron chi connectivity index (χ2n) is 17.8. The minimum atomic E-state index is 0.572. The Morgan fingerprint density at radius 2 is 0.700 bits per heavy atom. The van der Waals surface area contributed by atoms with Gasteiger partial charge in [-0.2, -0.15) is 5.26 Å². The van der Waals surface area contributed by atoms with E-state index in [9.17, 15) is 5.26 Å². The fourth-order valence-corrected chi connectivity index (χ4v) is 10.3. The van der Waals surface area contributed by atoms with Crippen LogP contribution in [0, 0.1) is 11.3 Å². The third kappa shape index (κ3) is 7.13. The Labute approximate surface area is 406 Å². The molecule has 0 spiro atoms. The van der Waals surface area contributed by atoms with Crippen molar-refractivity contribution >= 4 is 21.5 Å². The number of hydrogen-bond donors (Lipinski definition) is 0. The molecule has 12 aromatic rings. The summed E-state index contributed by atoms with van der Waals surface area (Å²) in [5.74, 6) is 1.77. The zero-order valence-corrected chi connectivity index (χ0v) is 37.9. The van der Waals surface area contributed by atoms with Gasteiger partial charge in [-0.15, -0.1) is 0 Å². The summed E-state index contributed by atoms with van der Waals surface area (Å²) in [7, 11) is 0. The molecule has 0 atom stereocenters. The van der Waals surface area contributed by atoms with E-state index in [0.29, 0.717) is 23.0 Å². The first-order valence-corrected chi connectivity index (χ1v) is 23.6. The van der Waals surface area contributed by atoms with Gasteiger partial charge >= 0.3 is 0 Å². The number of nitriles is 1. The second kappa shape index (κ2) is 16.9. The number of benzene rings is 11. The number of aromatic nitrogens is 3. The summed E-state index contributed by atoms with van der Waals surface area (Å²) >= 11 is 0. The summed E-state index contributed by atoms with van der Waals surface area (Å²) in [5, 5.41) is 15.4. The van der Waals surface area contributed by atoms with Crippen LogP contribution in [0.4, 0.5) is 0 Å². The van der Waals surface area contributed by atoms with Gasteiger partial charge in [-0.25, -0.2) is 15.0 Å². The van der Waals surface area contributed by atoms with Crippen LogP contribution in [0.25, 0.3) is 134 Å². The predicted octanol–water partition coefficient (Wildman–Crippen LogP) is 17.0. The number of hydrogen-bond acceptors (Lipinski definition) is 4. The summed E-state index contributed by atoms with van der Waals surface area (Å²) in [4.78, 5) is 15.0. The monoisotopic (exact) mass is 888 g/mol. The van der Waals surface area contributed by atoms with E-state index >= 15 is 0 Å². The first-order valence-electron chi connectivity index (χ1n) is 23.6. The largest absolute Gasteiger partial charge is 0.208 e. The van der Waals surface area contributed by atoms with Gasteiger partial charge in [0, 0.05) is 22.3 Å². The van der Waals surface area contributed by atoms with Crippen molar-refractivity contribution < 1.29 is 0 Å². The number of rotatable bonds is 8. The highest BCUT2D eigenvalue weighted by molar-refractivity contribution is 6.18. The average molecular weight is 889 g/mol. The maximum absolute atomic E-state index is 10.4. The molecule has 4 heteroatoms. The molecular formula is C66H40N4. The van der Waals surface area contributed by atoms with E-state index in [2.05, 4.69) is 200 Å². The van der Waals surface area contributed by atoms with Crippen molar-refractivity contribution in [2.45, 2.75) is 0 Å². The van der Waals surface area contributed by atoms with E-state index < -0.39 is 0 Å². The van der Waals surface area contributed by atoms with Gasteiger partial charge in [-0.1, -0.05) is 224 Å². The molecule has 1 heterocycles. The second-order valence-corrected chi connectivity index (χ2v) is 17.8. The molecule has 0 saturated heterocycles. The molecule has 0 N–H and O–H groups in total. The molecule has 0 saturated carbocycles. The van der Waals surface area contributed by atoms with Gasteiger partial charge < -0.3 is 0 Å². The van der Waals surface area contributed by atoms with Crippen LogP contribution >= 0.6 is 0 Å². The van der Waals surface area contributed by atoms with Gasteiger partial charge in [-0.3, -0.25) is 0 Å². The van der Waals surface area contributed by atoms with Crippen LogP contribution in [0.1, 0.15) is 5.56 Å². The molecule has 13 rings (SSSR count). The van der Waals surface area contributed by atoms with Crippen LogP contribution < -0.4 is 0 Å². The Morgan fingerprint density at radius 3 is 1.37 bits per heavy atom. The maximum Gasteiger partial charge on any atom is 0.164 e. The van der Waals surface area contributed by atoms with Gasteiger partial charge in [0.15, 0.2) is 17.5 Å². The quantitative estimate of drug-likeness (QED) is 0.152. The predicted molar refractivity (Wildman–Crippen MR) is 287 cm³/mol. The zero-order valence-electron chi connectivity index (χ0n) is 37.9. The van der Waals surface area contributed by atoms with E-state index in [-0.39, 0.29) is 0 Å². The highest BCUT2D eigenvalue weighted by atomic mass is 15.0. The summed E-state index contributed by atoms with van der Waals surface area (Å²) in [6.45, 7) is 0. The third-order valence-corrected chi connectivity index (χ3v) is 13.8. The summed E-state index contributed by atoms with van der Waals surface area (Å²) in [6, 6.07) is 87.6. The highest BCUT2D eigenvalue weighted by Crippen LogP contribution is 2.51. The first-order chi connectivity index (χ1) is 34.6. The smallest absolute Gasteiger partial charge is 0.164 e. The maximum atomic E-state index is 10.4. The van der Waals surface area contributed by atoms with Crippen LogP contribution in [0.5, 0.6) is 0 Å². The third-order valence-electron chi connectivity index (χ3n) is 13.8. The van der Waals surface area contributed by atoms with Crippen molar-refractivity contribution in [3.05, 3.63) is 248 Å². The number of nitrogens with zero attached hydrogens (tertiary/aromatic N) is 4. The van der Waals surface area contributed by atoms with Gasteiger partial charge in [0.2, 0.25) is 0 Å². The highest BCUT2D eigenvalue weighted by Gasteiger charge is 2.24. The van der Waals surface area contributed by atoms with Crippen LogP contribution in [-0.2, 0) is 0 Å². The zero-order chi connectivity index (χ0) is 46.5. The Balaban J connectivity index is 0.815. The summed E-state index contributed by atoms with van der Waals surface area (Å²) in [6.07, 6.45) is 0. The van der Waals surface area contributed by atoms with E-state index in [4.69, 9.17) is 15.0 Å². The molecule has 11 aromatic carbocycles. The Morgan fingerprint density at radius 1 is 0.257 bits per heavy atom. The van der Waals surface area contributed by atoms with Crippen molar-refractivity contribution in [1.29, 1.82) is 5.26 Å². The first kappa shape index (κ1) is 40.7. The molecule has 0 unspecified atom stereocenters. The molecular weight excluding hydrogens is 849 g/mol. The minimum absolute atomic E-state index is 0.572. The molecule has 0 bridgehead atoms. The van der Waals surface area contributed by atoms with Crippen LogP contribution in [-0.4, -0.2) is 15.0 Å². The molecule has 0 radical (unpaired) electrons. The van der Waals surface area contributed by atoms with Gasteiger partial charge in [0.1, 0.15) is 0 Å². The molecule has 324 valence electrons. The lowest BCUT2D eigenvalue weighted by Crippen LogP contribution is -2.00. The fraction of sp³-hybridized carbons (Fsp3) is 0. The molecule has 70 heavy (non-hydrogen) atoms. The van der Waals surface area contributed by atoms with Crippen molar-refractivity contribution in [3.8, 4) is 118 Å². The lowest BCUT2D eigenvalue weighted by molar-refractivity contribution is 1.07. The molecule has 4 nitrogen and oxygen atoms in total. The molecule has 1 aliphatic rings. The van der Waals surface area contributed by atoms with E-state index in [1.165, 1.54) is 54.9 Å². The van der Waals surface area contributed by atoms with Gasteiger partial charge in [-0.05, 0) is 112 Å². The van der Waals surface area contributed by atoms with Crippen LogP contribution in [0.3, 0.4) is 0 Å². The van der Waals surface area contributed by atoms with Crippen molar-refractivity contribution in [2.75, 3.05) is 0 Å². The molecule has 0 fully saturated rings. The summed E-state index contributed by atoms with van der Waals surface area (Å²) < 4.78 is 0. The Bertz CT molecular complexity index is 4030. The van der Waals surface area contributed by atoms with Crippen LogP contribution in [0.2, 0.25) is 0 Å². The Hall–Kier alpha value is -9.56. The van der Waals surface area contributed by atoms with E-state index in [0.717, 1.165) is 61.2 Å². The standard InChI is InChI=1S/C66H40N4/c67-41-54-38-37-53(56-18-7-6-17-55(56)44-26-28-45(29-27-44)57-19-10-21-59-58-20-8-15-47-16-9-22-60(62(47)58)63(57)59)40-61(54)46-30-34-50(35-31-46)66-69-64(48-12-2-1-3-13-48)68-65(70-66)49-32-23-43(24-33-49)52-36-25-42-11-4-5-14-51(42)39-52/h1-40H. The van der Waals surface area contributed by atoms with Crippen molar-refractivity contribution in [2.24, 2.45) is 0 Å². The SMILES string of the molecule is N#Cc1ccc(-c2ccccc2-c2ccc(-c3cccc4c3-c3cccc5cccc-4c35)cc2)cc1-c1ccc(-c2nc(-c3ccccc3)nc(-c3ccc(-c4ccc5ccccc5c4)cc3)n2)cc1. The van der Waals surface area contributed by atoms with E-state index in [1.807, 2.05) is 48.5 Å². The fourth-order valence-electron chi connectivity index (χ4n) is 10.3. The lowest BCUT2D eigenvalue weighted by atomic mass is 9.89. The number of fused-ring (bicyclic) bond motifs is 4. The van der Waals surface area contributed by atoms with Crippen LogP contribution in [0.15, 0.2) is 243 Å². The summed E-state index contributed by atoms with van der Waals surface area (Å²) in [5.41, 5.74) is 19.3. The Kier molecular flexibility index (Phi) is 9.85. The van der Waals surface area contributed by atoms with Crippen molar-refractivity contribution in [3.63, 3.8) is 0 Å². The molecule has 0 aliphatic heterocycles. The normalized spacial score (nSPS) is 11.4. The van der Waals surface area contributed by atoms with E-state index in [1.54, 1.807) is 0 Å². The molecule has 1 aliphatic carbocycles. The lowest BCUT2D eigenvalue weighted by Gasteiger charge is -2.14. The molecule has 0 amide bonds. The van der Waals surface area contributed by atoms with Gasteiger partial charge in [0.25, 0.3) is 0 Å². The van der Waals surface area contributed by atoms with Crippen molar-refractivity contribution in [1.82, 2.24) is 15.0 Å².